The summed E-state index contributed by atoms with van der Waals surface area (Å²) in [6, 6.07) is 0. The third-order valence-electron chi connectivity index (χ3n) is 12.2. The number of ether oxygens (including phenoxy) is 3. The van der Waals surface area contributed by atoms with Crippen molar-refractivity contribution in [3.05, 3.63) is 24.3 Å². The van der Waals surface area contributed by atoms with Gasteiger partial charge in [-0.05, 0) is 70.6 Å². The molecule has 1 unspecified atom stereocenters. The molecule has 0 aromatic rings. The molecule has 0 N–H and O–H groups in total. The van der Waals surface area contributed by atoms with Gasteiger partial charge in [-0.1, -0.05) is 231 Å². The zero-order chi connectivity index (χ0) is 45.1. The lowest BCUT2D eigenvalue weighted by Gasteiger charge is -2.18. The van der Waals surface area contributed by atoms with Crippen LogP contribution in [-0.2, 0) is 28.6 Å². The van der Waals surface area contributed by atoms with Gasteiger partial charge in [0.05, 0.1) is 0 Å². The Morgan fingerprint density at radius 1 is 0.306 bits per heavy atom. The van der Waals surface area contributed by atoms with E-state index in [-0.39, 0.29) is 31.1 Å². The van der Waals surface area contributed by atoms with Crippen LogP contribution in [0.4, 0.5) is 0 Å². The average Bonchev–Trinajstić information content (AvgIpc) is 3.27. The van der Waals surface area contributed by atoms with Crippen LogP contribution in [0, 0.1) is 0 Å². The summed E-state index contributed by atoms with van der Waals surface area (Å²) >= 11 is 0. The van der Waals surface area contributed by atoms with Gasteiger partial charge in [-0.3, -0.25) is 14.4 Å². The summed E-state index contributed by atoms with van der Waals surface area (Å²) in [6.45, 7) is 6.64. The molecule has 0 aliphatic rings. The van der Waals surface area contributed by atoms with E-state index in [4.69, 9.17) is 14.2 Å². The van der Waals surface area contributed by atoms with Crippen LogP contribution >= 0.6 is 0 Å². The lowest BCUT2D eigenvalue weighted by molar-refractivity contribution is -0.167. The summed E-state index contributed by atoms with van der Waals surface area (Å²) in [4.78, 5) is 38.0. The lowest BCUT2D eigenvalue weighted by atomic mass is 10.1. The molecule has 1 atom stereocenters. The van der Waals surface area contributed by atoms with Crippen molar-refractivity contribution in [2.45, 2.75) is 303 Å². The zero-order valence-electron chi connectivity index (χ0n) is 41.7. The highest BCUT2D eigenvalue weighted by Crippen LogP contribution is 2.16. The van der Waals surface area contributed by atoms with Crippen molar-refractivity contribution >= 4 is 17.9 Å². The number of hydrogen-bond acceptors (Lipinski definition) is 6. The third kappa shape index (κ3) is 48.9. The molecule has 0 radical (unpaired) electrons. The summed E-state index contributed by atoms with van der Waals surface area (Å²) in [5.41, 5.74) is 0. The normalized spacial score (nSPS) is 12.1. The van der Waals surface area contributed by atoms with Crippen LogP contribution in [0.25, 0.3) is 0 Å². The Balaban J connectivity index is 4.31. The molecule has 6 heteroatoms. The maximum atomic E-state index is 12.8. The number of rotatable bonds is 50. The van der Waals surface area contributed by atoms with Gasteiger partial charge in [0.2, 0.25) is 0 Å². The number of carbonyl (C=O) groups excluding carboxylic acids is 3. The Morgan fingerprint density at radius 3 is 0.806 bits per heavy atom. The minimum Gasteiger partial charge on any atom is -0.462 e. The molecule has 0 spiro atoms. The second kappa shape index (κ2) is 51.5. The van der Waals surface area contributed by atoms with Crippen LogP contribution in [0.3, 0.4) is 0 Å². The van der Waals surface area contributed by atoms with Crippen molar-refractivity contribution in [1.29, 1.82) is 0 Å². The first-order valence-corrected chi connectivity index (χ1v) is 27.3. The summed E-state index contributed by atoms with van der Waals surface area (Å²) in [6.07, 6.45) is 58.8. The Hall–Kier alpha value is -2.11. The van der Waals surface area contributed by atoms with Crippen LogP contribution in [-0.4, -0.2) is 37.2 Å². The van der Waals surface area contributed by atoms with Gasteiger partial charge in [0.1, 0.15) is 13.2 Å². The number of hydrogen-bond donors (Lipinski definition) is 0. The monoisotopic (exact) mass is 873 g/mol. The quantitative estimate of drug-likeness (QED) is 0.0262. The molecule has 6 nitrogen and oxygen atoms in total. The highest BCUT2D eigenvalue weighted by Gasteiger charge is 2.19. The minimum absolute atomic E-state index is 0.0707. The van der Waals surface area contributed by atoms with E-state index >= 15 is 0 Å². The van der Waals surface area contributed by atoms with E-state index in [1.165, 1.54) is 199 Å². The Morgan fingerprint density at radius 2 is 0.532 bits per heavy atom. The van der Waals surface area contributed by atoms with E-state index in [1.807, 2.05) is 0 Å². The first-order valence-electron chi connectivity index (χ1n) is 27.3. The maximum Gasteiger partial charge on any atom is 0.306 e. The van der Waals surface area contributed by atoms with Crippen molar-refractivity contribution in [1.82, 2.24) is 0 Å². The minimum atomic E-state index is -0.770. The van der Waals surface area contributed by atoms with Crippen LogP contribution in [0.1, 0.15) is 297 Å². The van der Waals surface area contributed by atoms with Gasteiger partial charge in [0.25, 0.3) is 0 Å². The molecule has 0 saturated heterocycles. The summed E-state index contributed by atoms with van der Waals surface area (Å²) in [5, 5.41) is 0. The van der Waals surface area contributed by atoms with Crippen molar-refractivity contribution < 1.29 is 28.6 Å². The molecular weight excluding hydrogens is 769 g/mol. The predicted molar refractivity (Wildman–Crippen MR) is 266 cm³/mol. The van der Waals surface area contributed by atoms with Gasteiger partial charge in [0.15, 0.2) is 6.10 Å². The largest absolute Gasteiger partial charge is 0.462 e. The third-order valence-corrected chi connectivity index (χ3v) is 12.2. The summed E-state index contributed by atoms with van der Waals surface area (Å²) in [5.74, 6) is -0.866. The van der Waals surface area contributed by atoms with Crippen molar-refractivity contribution in [3.63, 3.8) is 0 Å². The molecule has 0 aromatic heterocycles. The van der Waals surface area contributed by atoms with Crippen molar-refractivity contribution in [2.75, 3.05) is 13.2 Å². The Bertz CT molecular complexity index is 1000. The second-order valence-corrected chi connectivity index (χ2v) is 18.5. The Labute approximate surface area is 385 Å². The van der Waals surface area contributed by atoms with Gasteiger partial charge in [-0.2, -0.15) is 0 Å². The molecule has 0 bridgehead atoms. The first-order chi connectivity index (χ1) is 30.5. The van der Waals surface area contributed by atoms with Crippen LogP contribution < -0.4 is 0 Å². The fourth-order valence-electron chi connectivity index (χ4n) is 8.02. The van der Waals surface area contributed by atoms with Gasteiger partial charge in [-0.25, -0.2) is 0 Å². The highest BCUT2D eigenvalue weighted by atomic mass is 16.6. The first kappa shape index (κ1) is 59.9. The molecule has 0 fully saturated rings. The maximum absolute atomic E-state index is 12.8. The van der Waals surface area contributed by atoms with E-state index in [0.717, 1.165) is 57.8 Å². The lowest BCUT2D eigenvalue weighted by Crippen LogP contribution is -2.30. The smallest absolute Gasteiger partial charge is 0.306 e. The molecular formula is C56H104O6. The van der Waals surface area contributed by atoms with E-state index < -0.39 is 6.10 Å². The predicted octanol–water partition coefficient (Wildman–Crippen LogP) is 17.9. The Kier molecular flexibility index (Phi) is 49.8. The molecule has 0 aliphatic heterocycles. The van der Waals surface area contributed by atoms with Crippen LogP contribution in [0.2, 0.25) is 0 Å². The fraction of sp³-hybridized carbons (Fsp3) is 0.875. The van der Waals surface area contributed by atoms with Crippen molar-refractivity contribution in [2.24, 2.45) is 0 Å². The number of carbonyl (C=O) groups is 3. The highest BCUT2D eigenvalue weighted by molar-refractivity contribution is 5.71. The van der Waals surface area contributed by atoms with Gasteiger partial charge in [-0.15, -0.1) is 0 Å². The fourth-order valence-corrected chi connectivity index (χ4v) is 8.02. The summed E-state index contributed by atoms with van der Waals surface area (Å²) < 4.78 is 16.8. The molecule has 0 heterocycles. The number of allylic oxidation sites excluding steroid dienone is 4. The molecule has 62 heavy (non-hydrogen) atoms. The van der Waals surface area contributed by atoms with Crippen LogP contribution in [0.5, 0.6) is 0 Å². The number of unbranched alkanes of at least 4 members (excludes halogenated alkanes) is 35. The van der Waals surface area contributed by atoms with Crippen LogP contribution in [0.15, 0.2) is 24.3 Å². The average molecular weight is 873 g/mol. The van der Waals surface area contributed by atoms with Crippen molar-refractivity contribution in [3.8, 4) is 0 Å². The number of esters is 3. The van der Waals surface area contributed by atoms with E-state index in [2.05, 4.69) is 45.1 Å². The summed E-state index contributed by atoms with van der Waals surface area (Å²) in [7, 11) is 0. The topological polar surface area (TPSA) is 78.9 Å². The standard InChI is InChI=1S/C56H104O6/c1-4-7-10-13-16-19-22-24-26-28-30-32-34-37-40-43-46-49-55(58)61-52-53(51-60-54(57)48-45-42-39-36-21-18-15-12-9-6-3)62-56(59)50-47-44-41-38-35-33-31-29-27-25-23-20-17-14-11-8-5-2/h24-27,53H,4-23,28-52H2,1-3H3/b26-24-,27-25-. The molecule has 0 saturated carbocycles. The van der Waals surface area contributed by atoms with E-state index in [1.54, 1.807) is 0 Å². The van der Waals surface area contributed by atoms with Gasteiger partial charge >= 0.3 is 17.9 Å². The molecule has 0 aromatic carbocycles. The molecule has 364 valence electrons. The van der Waals surface area contributed by atoms with E-state index in [9.17, 15) is 14.4 Å². The van der Waals surface area contributed by atoms with Gasteiger partial charge in [0, 0.05) is 19.3 Å². The SMILES string of the molecule is CCCCCCCC/C=C\CCCCCCCCCC(=O)OCC(COC(=O)CCCCCCCCCCCC)OC(=O)CCCCCCCCC/C=C\CCCCCCCC. The molecule has 0 aliphatic carbocycles. The molecule has 0 rings (SSSR count). The zero-order valence-corrected chi connectivity index (χ0v) is 41.7. The second-order valence-electron chi connectivity index (χ2n) is 18.5. The van der Waals surface area contributed by atoms with Gasteiger partial charge < -0.3 is 14.2 Å². The van der Waals surface area contributed by atoms with E-state index in [0.29, 0.717) is 19.3 Å². The molecule has 0 amide bonds.